The van der Waals surface area contributed by atoms with Crippen molar-refractivity contribution in [1.82, 2.24) is 29.0 Å². The highest BCUT2D eigenvalue weighted by Crippen LogP contribution is 2.30. The fourth-order valence-electron chi connectivity index (χ4n) is 4.70. The summed E-state index contributed by atoms with van der Waals surface area (Å²) in [6, 6.07) is 4.21. The minimum atomic E-state index is -0.586. The van der Waals surface area contributed by atoms with Crippen LogP contribution in [0, 0.1) is 12.7 Å². The Morgan fingerprint density at radius 1 is 1.12 bits per heavy atom. The minimum Gasteiger partial charge on any atom is -0.496 e. The zero-order valence-electron chi connectivity index (χ0n) is 23.2. The molecule has 3 aromatic heterocycles. The molecule has 1 amide bonds. The van der Waals surface area contributed by atoms with Crippen molar-refractivity contribution in [3.05, 3.63) is 68.4 Å². The molecule has 4 aromatic rings. The average Bonchev–Trinajstić information content (AvgIpc) is 3.74. The van der Waals surface area contributed by atoms with Gasteiger partial charge in [0.2, 0.25) is 5.91 Å². The van der Waals surface area contributed by atoms with E-state index in [-0.39, 0.29) is 32.0 Å². The number of hydrogen-bond acceptors (Lipinski definition) is 9. The Kier molecular flexibility index (Phi) is 10.0. The molecule has 0 radical (unpaired) electrons. The standard InChI is InChI=1S/C24H25FN6O4S.C3H8O2/c1-15-20-21(33)30(14-19(32)28-10-3-4-11-28)24(34)29(23(20)36-22(15)31-26-8-9-27-31)12-7-16-13-17(25)5-6-18(16)35-2;1-5-3-2-4/h5-6,8-9,13H,3-4,7,10-12,14H2,1-2H3;4H,2-3H2,1H3. The first-order valence-electron chi connectivity index (χ1n) is 13.1. The number of aliphatic hydroxyl groups is 1. The number of halogens is 1. The second-order valence-electron chi connectivity index (χ2n) is 9.37. The van der Waals surface area contributed by atoms with Gasteiger partial charge in [0, 0.05) is 32.3 Å². The molecule has 0 bridgehead atoms. The van der Waals surface area contributed by atoms with Gasteiger partial charge in [-0.2, -0.15) is 10.2 Å². The van der Waals surface area contributed by atoms with Crippen LogP contribution in [0.3, 0.4) is 0 Å². The van der Waals surface area contributed by atoms with Crippen molar-refractivity contribution in [3.63, 3.8) is 0 Å². The van der Waals surface area contributed by atoms with Crippen molar-refractivity contribution in [2.75, 3.05) is 40.5 Å². The molecule has 1 aliphatic rings. The number of aryl methyl sites for hydroxylation is 3. The fraction of sp³-hybridized carbons (Fsp3) is 0.444. The summed E-state index contributed by atoms with van der Waals surface area (Å²) in [6.45, 7) is 3.40. The maximum atomic E-state index is 13.9. The van der Waals surface area contributed by atoms with Crippen LogP contribution in [0.1, 0.15) is 24.0 Å². The number of carbonyl (C=O) groups is 1. The molecule has 0 saturated carbocycles. The van der Waals surface area contributed by atoms with Crippen molar-refractivity contribution < 1.29 is 23.8 Å². The van der Waals surface area contributed by atoms with Gasteiger partial charge in [0.1, 0.15) is 27.9 Å². The second kappa shape index (κ2) is 13.7. The van der Waals surface area contributed by atoms with Crippen LogP contribution in [0.5, 0.6) is 5.75 Å². The predicted molar refractivity (Wildman–Crippen MR) is 151 cm³/mol. The minimum absolute atomic E-state index is 0.122. The quantitative estimate of drug-likeness (QED) is 0.313. The van der Waals surface area contributed by atoms with E-state index in [1.54, 1.807) is 18.9 Å². The van der Waals surface area contributed by atoms with Crippen LogP contribution in [-0.2, 0) is 29.0 Å². The molecule has 0 unspecified atom stereocenters. The Labute approximate surface area is 239 Å². The lowest BCUT2D eigenvalue weighted by molar-refractivity contribution is -0.130. The lowest BCUT2D eigenvalue weighted by atomic mass is 10.1. The molecule has 0 atom stereocenters. The number of rotatable bonds is 9. The third-order valence-electron chi connectivity index (χ3n) is 6.76. The molecule has 12 nitrogen and oxygen atoms in total. The molecule has 5 rings (SSSR count). The smallest absolute Gasteiger partial charge is 0.332 e. The van der Waals surface area contributed by atoms with Gasteiger partial charge in [-0.05, 0) is 49.9 Å². The van der Waals surface area contributed by atoms with Gasteiger partial charge in [-0.1, -0.05) is 11.3 Å². The van der Waals surface area contributed by atoms with Crippen LogP contribution in [0.15, 0.2) is 40.2 Å². The maximum Gasteiger partial charge on any atom is 0.332 e. The van der Waals surface area contributed by atoms with E-state index < -0.39 is 17.1 Å². The van der Waals surface area contributed by atoms with Gasteiger partial charge < -0.3 is 19.5 Å². The molecule has 1 aliphatic heterocycles. The largest absolute Gasteiger partial charge is 0.496 e. The van der Waals surface area contributed by atoms with E-state index in [1.807, 2.05) is 0 Å². The van der Waals surface area contributed by atoms with Crippen molar-refractivity contribution >= 4 is 27.5 Å². The lowest BCUT2D eigenvalue weighted by Gasteiger charge is -2.17. The Balaban J connectivity index is 0.000000714. The molecule has 1 aromatic carbocycles. The number of benzene rings is 1. The highest BCUT2D eigenvalue weighted by atomic mass is 32.1. The van der Waals surface area contributed by atoms with E-state index >= 15 is 0 Å². The summed E-state index contributed by atoms with van der Waals surface area (Å²) < 4.78 is 26.2. The highest BCUT2D eigenvalue weighted by molar-refractivity contribution is 7.21. The number of methoxy groups -OCH3 is 2. The Bertz CT molecular complexity index is 1610. The van der Waals surface area contributed by atoms with Crippen molar-refractivity contribution in [2.24, 2.45) is 0 Å². The number of hydrogen-bond donors (Lipinski definition) is 1. The summed E-state index contributed by atoms with van der Waals surface area (Å²) in [5, 5.41) is 17.2. The van der Waals surface area contributed by atoms with Crippen LogP contribution in [0.2, 0.25) is 0 Å². The molecular formula is C27H33FN6O6S. The number of aromatic nitrogens is 5. The van der Waals surface area contributed by atoms with Crippen molar-refractivity contribution in [3.8, 4) is 10.8 Å². The average molecular weight is 589 g/mol. The van der Waals surface area contributed by atoms with Gasteiger partial charge >= 0.3 is 5.69 Å². The molecule has 1 fully saturated rings. The van der Waals surface area contributed by atoms with E-state index in [4.69, 9.17) is 9.84 Å². The van der Waals surface area contributed by atoms with Crippen molar-refractivity contribution in [1.29, 1.82) is 0 Å². The molecule has 41 heavy (non-hydrogen) atoms. The summed E-state index contributed by atoms with van der Waals surface area (Å²) >= 11 is 1.22. The number of aliphatic hydroxyl groups excluding tert-OH is 1. The molecule has 1 N–H and O–H groups in total. The molecule has 0 spiro atoms. The van der Waals surface area contributed by atoms with E-state index in [0.717, 1.165) is 17.4 Å². The zero-order valence-corrected chi connectivity index (χ0v) is 24.0. The van der Waals surface area contributed by atoms with Crippen molar-refractivity contribution in [2.45, 2.75) is 39.3 Å². The Morgan fingerprint density at radius 3 is 2.44 bits per heavy atom. The van der Waals surface area contributed by atoms with Crippen LogP contribution in [-0.4, -0.2) is 80.6 Å². The first-order valence-corrected chi connectivity index (χ1v) is 14.0. The number of nitrogens with zero attached hydrogens (tertiary/aromatic N) is 6. The third-order valence-corrected chi connectivity index (χ3v) is 8.04. The number of thiophene rings is 1. The maximum absolute atomic E-state index is 13.9. The van der Waals surface area contributed by atoms with E-state index in [9.17, 15) is 18.8 Å². The number of ether oxygens (including phenoxy) is 2. The molecule has 4 heterocycles. The van der Waals surface area contributed by atoms with Crippen LogP contribution in [0.25, 0.3) is 15.2 Å². The van der Waals surface area contributed by atoms with Crippen LogP contribution in [0.4, 0.5) is 4.39 Å². The van der Waals surface area contributed by atoms with E-state index in [2.05, 4.69) is 14.9 Å². The molecule has 14 heteroatoms. The summed E-state index contributed by atoms with van der Waals surface area (Å²) in [4.78, 5) is 43.6. The summed E-state index contributed by atoms with van der Waals surface area (Å²) in [5.41, 5.74) is 0.104. The topological polar surface area (TPSA) is 134 Å². The van der Waals surface area contributed by atoms with Crippen LogP contribution >= 0.6 is 11.3 Å². The molecule has 1 saturated heterocycles. The summed E-state index contributed by atoms with van der Waals surface area (Å²) in [5.74, 6) is -0.170. The number of likely N-dealkylation sites (tertiary alicyclic amines) is 1. The Hall–Kier alpha value is -3.88. The van der Waals surface area contributed by atoms with Crippen LogP contribution < -0.4 is 16.0 Å². The van der Waals surface area contributed by atoms with Gasteiger partial charge in [0.15, 0.2) is 0 Å². The first kappa shape index (κ1) is 30.1. The summed E-state index contributed by atoms with van der Waals surface area (Å²) in [6.07, 6.45) is 5.15. The monoisotopic (exact) mass is 588 g/mol. The normalized spacial score (nSPS) is 13.0. The highest BCUT2D eigenvalue weighted by Gasteiger charge is 2.25. The van der Waals surface area contributed by atoms with Gasteiger partial charge in [0.05, 0.1) is 38.1 Å². The van der Waals surface area contributed by atoms with E-state index in [1.165, 1.54) is 58.4 Å². The van der Waals surface area contributed by atoms with Gasteiger partial charge in [-0.3, -0.25) is 18.7 Å². The fourth-order valence-corrected chi connectivity index (χ4v) is 5.94. The zero-order chi connectivity index (χ0) is 29.5. The summed E-state index contributed by atoms with van der Waals surface area (Å²) in [7, 11) is 3.05. The van der Waals surface area contributed by atoms with Gasteiger partial charge in [-0.15, -0.1) is 4.80 Å². The van der Waals surface area contributed by atoms with Gasteiger partial charge in [-0.25, -0.2) is 9.18 Å². The number of carbonyl (C=O) groups excluding carboxylic acids is 1. The Morgan fingerprint density at radius 2 is 1.83 bits per heavy atom. The first-order chi connectivity index (χ1) is 19.8. The second-order valence-corrected chi connectivity index (χ2v) is 10.3. The van der Waals surface area contributed by atoms with E-state index in [0.29, 0.717) is 51.8 Å². The molecular weight excluding hydrogens is 555 g/mol. The molecule has 220 valence electrons. The predicted octanol–water partition coefficient (Wildman–Crippen LogP) is 1.75. The molecule has 0 aliphatic carbocycles. The number of fused-ring (bicyclic) bond motifs is 1. The number of amides is 1. The van der Waals surface area contributed by atoms with Gasteiger partial charge in [0.25, 0.3) is 5.56 Å². The lowest BCUT2D eigenvalue weighted by Crippen LogP contribution is -2.44. The third kappa shape index (κ3) is 6.55. The SMILES string of the molecule is COCCO.COc1ccc(F)cc1CCn1c(=O)n(CC(=O)N2CCCC2)c(=O)c2c(C)c(-n3nccn3)sc21.